The van der Waals surface area contributed by atoms with Gasteiger partial charge >= 0.3 is 0 Å². The van der Waals surface area contributed by atoms with E-state index in [4.69, 9.17) is 11.6 Å². The second-order valence-electron chi connectivity index (χ2n) is 3.17. The summed E-state index contributed by atoms with van der Waals surface area (Å²) in [5, 5.41) is 0.750. The van der Waals surface area contributed by atoms with Crippen LogP contribution < -0.4 is 0 Å². The highest BCUT2D eigenvalue weighted by molar-refractivity contribution is 9.09. The van der Waals surface area contributed by atoms with Crippen LogP contribution in [0.4, 0.5) is 0 Å². The largest absolute Gasteiger partial charge is 0.260 e. The average Bonchev–Trinajstić information content (AvgIpc) is 2.30. The Morgan fingerprint density at radius 3 is 2.40 bits per heavy atom. The Morgan fingerprint density at radius 2 is 1.80 bits per heavy atom. The summed E-state index contributed by atoms with van der Waals surface area (Å²) >= 11 is 9.44. The van der Waals surface area contributed by atoms with Gasteiger partial charge in [-0.25, -0.2) is 0 Å². The molecule has 15 heavy (non-hydrogen) atoms. The highest BCUT2D eigenvalue weighted by Crippen LogP contribution is 2.29. The van der Waals surface area contributed by atoms with Crippen LogP contribution in [0.25, 0.3) is 0 Å². The molecule has 1 nitrogen and oxygen atoms in total. The van der Waals surface area contributed by atoms with Gasteiger partial charge < -0.3 is 0 Å². The number of aromatic nitrogens is 1. The van der Waals surface area contributed by atoms with Crippen molar-refractivity contribution in [3.8, 4) is 0 Å². The first-order valence-electron chi connectivity index (χ1n) is 4.58. The van der Waals surface area contributed by atoms with Crippen LogP contribution in [0.2, 0.25) is 5.02 Å². The summed E-state index contributed by atoms with van der Waals surface area (Å²) < 4.78 is 0. The Balaban J connectivity index is 2.29. The lowest BCUT2D eigenvalue weighted by Crippen LogP contribution is -1.94. The normalized spacial score (nSPS) is 12.4. The molecular weight excluding hydrogens is 273 g/mol. The van der Waals surface area contributed by atoms with Gasteiger partial charge in [0.2, 0.25) is 0 Å². The molecular formula is C12H9BrClN. The Morgan fingerprint density at radius 1 is 1.07 bits per heavy atom. The molecule has 0 aliphatic heterocycles. The molecule has 1 aromatic heterocycles. The van der Waals surface area contributed by atoms with Gasteiger partial charge in [-0.15, -0.1) is 0 Å². The fraction of sp³-hybridized carbons (Fsp3) is 0.0833. The van der Waals surface area contributed by atoms with Crippen molar-refractivity contribution in [3.63, 3.8) is 0 Å². The Hall–Kier alpha value is -0.860. The van der Waals surface area contributed by atoms with Crippen molar-refractivity contribution in [2.75, 3.05) is 0 Å². The number of alkyl halides is 1. The molecule has 3 heteroatoms. The van der Waals surface area contributed by atoms with Gasteiger partial charge in [-0.2, -0.15) is 0 Å². The van der Waals surface area contributed by atoms with E-state index in [0.29, 0.717) is 0 Å². The molecule has 1 unspecified atom stereocenters. The summed E-state index contributed by atoms with van der Waals surface area (Å²) in [6.07, 6.45) is 1.79. The van der Waals surface area contributed by atoms with Gasteiger partial charge in [0, 0.05) is 11.2 Å². The van der Waals surface area contributed by atoms with Crippen LogP contribution in [0.1, 0.15) is 16.1 Å². The van der Waals surface area contributed by atoms with Gasteiger partial charge in [0.25, 0.3) is 0 Å². The van der Waals surface area contributed by atoms with E-state index in [1.807, 2.05) is 42.5 Å². The molecule has 2 aromatic rings. The minimum Gasteiger partial charge on any atom is -0.260 e. The molecule has 0 aliphatic carbocycles. The zero-order chi connectivity index (χ0) is 10.7. The van der Waals surface area contributed by atoms with Crippen LogP contribution in [0.15, 0.2) is 48.7 Å². The minimum atomic E-state index is 0.121. The first-order valence-corrected chi connectivity index (χ1v) is 5.87. The molecule has 0 spiro atoms. The number of nitrogens with zero attached hydrogens (tertiary/aromatic N) is 1. The zero-order valence-corrected chi connectivity index (χ0v) is 10.2. The Labute approximate surface area is 102 Å². The number of halogens is 2. The van der Waals surface area contributed by atoms with Gasteiger partial charge in [-0.1, -0.05) is 45.7 Å². The molecule has 1 atom stereocenters. The van der Waals surface area contributed by atoms with Crippen molar-refractivity contribution < 1.29 is 0 Å². The summed E-state index contributed by atoms with van der Waals surface area (Å²) in [5.41, 5.74) is 2.15. The lowest BCUT2D eigenvalue weighted by molar-refractivity contribution is 1.06. The molecule has 0 saturated carbocycles. The lowest BCUT2D eigenvalue weighted by Gasteiger charge is -2.09. The highest BCUT2D eigenvalue weighted by atomic mass is 79.9. The maximum Gasteiger partial charge on any atom is 0.0816 e. The predicted molar refractivity (Wildman–Crippen MR) is 66.5 cm³/mol. The molecule has 0 saturated heterocycles. The summed E-state index contributed by atoms with van der Waals surface area (Å²) in [5.74, 6) is 0. The molecule has 1 heterocycles. The minimum absolute atomic E-state index is 0.121. The van der Waals surface area contributed by atoms with Crippen LogP contribution >= 0.6 is 27.5 Å². The van der Waals surface area contributed by atoms with Gasteiger partial charge in [0.05, 0.1) is 10.5 Å². The van der Waals surface area contributed by atoms with Crippen LogP contribution in [-0.4, -0.2) is 4.98 Å². The van der Waals surface area contributed by atoms with Crippen molar-refractivity contribution in [2.45, 2.75) is 4.83 Å². The van der Waals surface area contributed by atoms with Crippen molar-refractivity contribution in [1.82, 2.24) is 4.98 Å². The summed E-state index contributed by atoms with van der Waals surface area (Å²) in [4.78, 5) is 4.42. The fourth-order valence-electron chi connectivity index (χ4n) is 1.33. The van der Waals surface area contributed by atoms with Gasteiger partial charge in [0.15, 0.2) is 0 Å². The molecule has 0 fully saturated rings. The van der Waals surface area contributed by atoms with Crippen LogP contribution in [0, 0.1) is 0 Å². The van der Waals surface area contributed by atoms with Gasteiger partial charge in [0.1, 0.15) is 0 Å². The van der Waals surface area contributed by atoms with Gasteiger partial charge in [-0.05, 0) is 29.8 Å². The smallest absolute Gasteiger partial charge is 0.0816 e. The SMILES string of the molecule is Clc1ccc(C(Br)c2ccccn2)cc1. The molecule has 0 N–H and O–H groups in total. The van der Waals surface area contributed by atoms with E-state index in [1.165, 1.54) is 0 Å². The molecule has 1 aromatic carbocycles. The molecule has 2 rings (SSSR count). The quantitative estimate of drug-likeness (QED) is 0.752. The Kier molecular flexibility index (Phi) is 3.39. The third-order valence-corrected chi connectivity index (χ3v) is 3.36. The first kappa shape index (κ1) is 10.7. The Bertz CT molecular complexity index is 427. The van der Waals surface area contributed by atoms with E-state index in [2.05, 4.69) is 20.9 Å². The second kappa shape index (κ2) is 4.77. The molecule has 0 amide bonds. The van der Waals surface area contributed by atoms with E-state index in [9.17, 15) is 0 Å². The monoisotopic (exact) mass is 281 g/mol. The summed E-state index contributed by atoms with van der Waals surface area (Å²) in [6, 6.07) is 13.6. The third-order valence-electron chi connectivity index (χ3n) is 2.11. The van der Waals surface area contributed by atoms with Crippen molar-refractivity contribution in [2.24, 2.45) is 0 Å². The van der Waals surface area contributed by atoms with Gasteiger partial charge in [-0.3, -0.25) is 4.98 Å². The standard InChI is InChI=1S/C12H9BrClN/c13-12(11-3-1-2-8-15-11)9-4-6-10(14)7-5-9/h1-8,12H. The number of hydrogen-bond acceptors (Lipinski definition) is 1. The predicted octanol–water partition coefficient (Wildman–Crippen LogP) is 4.22. The molecule has 0 radical (unpaired) electrons. The molecule has 0 aliphatic rings. The van der Waals surface area contributed by atoms with Crippen molar-refractivity contribution >= 4 is 27.5 Å². The van der Waals surface area contributed by atoms with E-state index in [1.54, 1.807) is 6.20 Å². The van der Waals surface area contributed by atoms with Crippen molar-refractivity contribution in [3.05, 3.63) is 64.9 Å². The van der Waals surface area contributed by atoms with E-state index in [-0.39, 0.29) is 4.83 Å². The van der Waals surface area contributed by atoms with E-state index in [0.717, 1.165) is 16.3 Å². The third kappa shape index (κ3) is 2.58. The van der Waals surface area contributed by atoms with Crippen LogP contribution in [0.3, 0.4) is 0 Å². The number of hydrogen-bond donors (Lipinski definition) is 0. The maximum absolute atomic E-state index is 5.83. The average molecular weight is 283 g/mol. The maximum atomic E-state index is 5.83. The number of rotatable bonds is 2. The number of pyridine rings is 1. The second-order valence-corrected chi connectivity index (χ2v) is 4.52. The zero-order valence-electron chi connectivity index (χ0n) is 7.90. The lowest BCUT2D eigenvalue weighted by atomic mass is 10.1. The van der Waals surface area contributed by atoms with Crippen molar-refractivity contribution in [1.29, 1.82) is 0 Å². The first-order chi connectivity index (χ1) is 7.27. The van der Waals surface area contributed by atoms with E-state index < -0.39 is 0 Å². The molecule has 76 valence electrons. The molecule has 0 bridgehead atoms. The highest BCUT2D eigenvalue weighted by Gasteiger charge is 2.10. The van der Waals surface area contributed by atoms with E-state index >= 15 is 0 Å². The summed E-state index contributed by atoms with van der Waals surface area (Å²) in [7, 11) is 0. The summed E-state index contributed by atoms with van der Waals surface area (Å²) in [6.45, 7) is 0. The fourth-order valence-corrected chi connectivity index (χ4v) is 2.03. The van der Waals surface area contributed by atoms with Crippen LogP contribution in [0.5, 0.6) is 0 Å². The topological polar surface area (TPSA) is 12.9 Å². The van der Waals surface area contributed by atoms with Crippen LogP contribution in [-0.2, 0) is 0 Å². The number of benzene rings is 1.